The fourth-order valence-electron chi connectivity index (χ4n) is 2.62. The summed E-state index contributed by atoms with van der Waals surface area (Å²) in [5.74, 6) is -0.274. The highest BCUT2D eigenvalue weighted by Crippen LogP contribution is 2.23. The van der Waals surface area contributed by atoms with Crippen LogP contribution in [0.2, 0.25) is 0 Å². The van der Waals surface area contributed by atoms with E-state index < -0.39 is 0 Å². The van der Waals surface area contributed by atoms with E-state index in [1.54, 1.807) is 0 Å². The Hall–Kier alpha value is -1.69. The molecule has 0 heterocycles. The summed E-state index contributed by atoms with van der Waals surface area (Å²) in [5.41, 5.74) is 4.12. The molecular formula is C17H22BrN3O2. The maximum absolute atomic E-state index is 12.0. The van der Waals surface area contributed by atoms with Gasteiger partial charge < -0.3 is 5.32 Å². The van der Waals surface area contributed by atoms with E-state index in [0.717, 1.165) is 35.7 Å². The number of hydrazone groups is 1. The Balaban J connectivity index is 1.76. The highest BCUT2D eigenvalue weighted by atomic mass is 79.9. The second kappa shape index (κ2) is 8.82. The molecule has 0 aliphatic heterocycles. The molecule has 1 aromatic rings. The Morgan fingerprint density at radius 1 is 1.17 bits per heavy atom. The molecule has 1 aromatic carbocycles. The number of benzene rings is 1. The topological polar surface area (TPSA) is 70.6 Å². The number of hydrogen-bond donors (Lipinski definition) is 2. The van der Waals surface area contributed by atoms with Gasteiger partial charge in [0.1, 0.15) is 0 Å². The molecule has 6 heteroatoms. The number of amides is 2. The van der Waals surface area contributed by atoms with Gasteiger partial charge in [-0.2, -0.15) is 5.10 Å². The number of nitrogens with zero attached hydrogens (tertiary/aromatic N) is 1. The van der Waals surface area contributed by atoms with Crippen molar-refractivity contribution in [2.24, 2.45) is 11.0 Å². The van der Waals surface area contributed by atoms with Gasteiger partial charge in [-0.3, -0.25) is 9.59 Å². The number of halogens is 1. The van der Waals surface area contributed by atoms with Gasteiger partial charge in [-0.05, 0) is 37.5 Å². The number of carbonyl (C=O) groups is 2. The Bertz CT molecular complexity index is 578. The molecule has 0 atom stereocenters. The maximum atomic E-state index is 12.0. The van der Waals surface area contributed by atoms with Gasteiger partial charge in [0.2, 0.25) is 5.91 Å². The van der Waals surface area contributed by atoms with Gasteiger partial charge >= 0.3 is 0 Å². The third-order valence-electron chi connectivity index (χ3n) is 4.01. The van der Waals surface area contributed by atoms with Gasteiger partial charge in [-0.25, -0.2) is 5.43 Å². The number of rotatable bonds is 5. The van der Waals surface area contributed by atoms with Crippen molar-refractivity contribution in [1.29, 1.82) is 0 Å². The molecule has 0 bridgehead atoms. The minimum atomic E-state index is -0.314. The summed E-state index contributed by atoms with van der Waals surface area (Å²) >= 11 is 3.37. The first-order valence-electron chi connectivity index (χ1n) is 7.93. The van der Waals surface area contributed by atoms with E-state index in [2.05, 4.69) is 31.8 Å². The number of carbonyl (C=O) groups excluding carboxylic acids is 2. The van der Waals surface area contributed by atoms with Crippen molar-refractivity contribution >= 4 is 33.5 Å². The fourth-order valence-corrected chi connectivity index (χ4v) is 2.88. The summed E-state index contributed by atoms with van der Waals surface area (Å²) < 4.78 is 0.989. The molecular weight excluding hydrogens is 358 g/mol. The summed E-state index contributed by atoms with van der Waals surface area (Å²) in [6.45, 7) is 1.79. The summed E-state index contributed by atoms with van der Waals surface area (Å²) in [5, 5.41) is 6.76. The molecule has 0 spiro atoms. The average molecular weight is 380 g/mol. The molecule has 0 unspecified atom stereocenters. The van der Waals surface area contributed by atoms with Crippen molar-refractivity contribution in [3.05, 3.63) is 34.3 Å². The van der Waals surface area contributed by atoms with Crippen LogP contribution in [0.1, 0.15) is 44.6 Å². The summed E-state index contributed by atoms with van der Waals surface area (Å²) in [6, 6.07) is 7.67. The van der Waals surface area contributed by atoms with Gasteiger partial charge in [0.25, 0.3) is 5.91 Å². The average Bonchev–Trinajstić information content (AvgIpc) is 2.59. The molecule has 124 valence electrons. The van der Waals surface area contributed by atoms with Gasteiger partial charge in [-0.1, -0.05) is 47.3 Å². The minimum absolute atomic E-state index is 0.0199. The van der Waals surface area contributed by atoms with Gasteiger partial charge in [0, 0.05) is 10.4 Å². The van der Waals surface area contributed by atoms with E-state index >= 15 is 0 Å². The van der Waals surface area contributed by atoms with Crippen LogP contribution < -0.4 is 10.7 Å². The van der Waals surface area contributed by atoms with Crippen LogP contribution in [0.4, 0.5) is 0 Å². The van der Waals surface area contributed by atoms with Crippen LogP contribution in [0.3, 0.4) is 0 Å². The van der Waals surface area contributed by atoms with E-state index in [4.69, 9.17) is 0 Å². The molecule has 2 amide bonds. The summed E-state index contributed by atoms with van der Waals surface area (Å²) in [6.07, 6.45) is 5.25. The van der Waals surface area contributed by atoms with Gasteiger partial charge in [-0.15, -0.1) is 0 Å². The zero-order valence-electron chi connectivity index (χ0n) is 13.3. The standard InChI is InChI=1S/C17H22BrN3O2/c1-12(13-7-9-15(18)10-8-13)20-21-16(22)11-19-17(23)14-5-3-2-4-6-14/h7-10,14H,2-6,11H2,1H3,(H,19,23)(H,21,22). The zero-order chi connectivity index (χ0) is 16.7. The predicted octanol–water partition coefficient (Wildman–Crippen LogP) is 2.99. The van der Waals surface area contributed by atoms with E-state index in [1.165, 1.54) is 6.42 Å². The van der Waals surface area contributed by atoms with Crippen molar-refractivity contribution in [3.63, 3.8) is 0 Å². The van der Waals surface area contributed by atoms with Crippen molar-refractivity contribution in [2.75, 3.05) is 6.54 Å². The molecule has 1 fully saturated rings. The molecule has 1 aliphatic carbocycles. The normalized spacial score (nSPS) is 16.0. The molecule has 1 aliphatic rings. The highest BCUT2D eigenvalue weighted by molar-refractivity contribution is 9.10. The second-order valence-electron chi connectivity index (χ2n) is 5.79. The van der Waals surface area contributed by atoms with Crippen molar-refractivity contribution in [1.82, 2.24) is 10.7 Å². The van der Waals surface area contributed by atoms with Crippen LogP contribution in [0, 0.1) is 5.92 Å². The number of hydrogen-bond acceptors (Lipinski definition) is 3. The lowest BCUT2D eigenvalue weighted by Gasteiger charge is -2.20. The van der Waals surface area contributed by atoms with Crippen LogP contribution in [0.25, 0.3) is 0 Å². The highest BCUT2D eigenvalue weighted by Gasteiger charge is 2.21. The van der Waals surface area contributed by atoms with Crippen LogP contribution in [-0.2, 0) is 9.59 Å². The first kappa shape index (κ1) is 17.7. The third-order valence-corrected chi connectivity index (χ3v) is 4.54. The summed E-state index contributed by atoms with van der Waals surface area (Å²) in [7, 11) is 0. The summed E-state index contributed by atoms with van der Waals surface area (Å²) in [4.78, 5) is 23.7. The minimum Gasteiger partial charge on any atom is -0.347 e. The van der Waals surface area contributed by atoms with E-state index in [0.29, 0.717) is 5.71 Å². The van der Waals surface area contributed by atoms with Crippen LogP contribution in [0.15, 0.2) is 33.8 Å². The maximum Gasteiger partial charge on any atom is 0.259 e. The van der Waals surface area contributed by atoms with Crippen LogP contribution in [-0.4, -0.2) is 24.1 Å². The molecule has 0 aromatic heterocycles. The zero-order valence-corrected chi connectivity index (χ0v) is 14.9. The second-order valence-corrected chi connectivity index (χ2v) is 6.71. The molecule has 2 N–H and O–H groups in total. The molecule has 1 saturated carbocycles. The fraction of sp³-hybridized carbons (Fsp3) is 0.471. The quantitative estimate of drug-likeness (QED) is 0.609. The lowest BCUT2D eigenvalue weighted by molar-refractivity contribution is -0.129. The van der Waals surface area contributed by atoms with Crippen molar-refractivity contribution < 1.29 is 9.59 Å². The molecule has 2 rings (SSSR count). The van der Waals surface area contributed by atoms with Crippen LogP contribution in [0.5, 0.6) is 0 Å². The molecule has 0 saturated heterocycles. The molecule has 0 radical (unpaired) electrons. The van der Waals surface area contributed by atoms with Gasteiger partial charge in [0.15, 0.2) is 0 Å². The van der Waals surface area contributed by atoms with Gasteiger partial charge in [0.05, 0.1) is 12.3 Å². The van der Waals surface area contributed by atoms with E-state index in [9.17, 15) is 9.59 Å². The number of nitrogens with one attached hydrogen (secondary N) is 2. The monoisotopic (exact) mass is 379 g/mol. The lowest BCUT2D eigenvalue weighted by atomic mass is 9.89. The molecule has 23 heavy (non-hydrogen) atoms. The van der Waals surface area contributed by atoms with E-state index in [1.807, 2.05) is 31.2 Å². The largest absolute Gasteiger partial charge is 0.347 e. The van der Waals surface area contributed by atoms with Crippen LogP contribution >= 0.6 is 15.9 Å². The lowest BCUT2D eigenvalue weighted by Crippen LogP contribution is -2.39. The smallest absolute Gasteiger partial charge is 0.259 e. The predicted molar refractivity (Wildman–Crippen MR) is 94.1 cm³/mol. The first-order chi connectivity index (χ1) is 11.1. The Kier molecular flexibility index (Phi) is 6.77. The van der Waals surface area contributed by atoms with E-state index in [-0.39, 0.29) is 24.3 Å². The van der Waals surface area contributed by atoms with Crippen molar-refractivity contribution in [3.8, 4) is 0 Å². The Morgan fingerprint density at radius 2 is 1.83 bits per heavy atom. The molecule has 5 nitrogen and oxygen atoms in total. The first-order valence-corrected chi connectivity index (χ1v) is 8.72. The Morgan fingerprint density at radius 3 is 2.48 bits per heavy atom. The SMILES string of the molecule is CC(=NNC(=O)CNC(=O)C1CCCCC1)c1ccc(Br)cc1. The Labute approximate surface area is 145 Å². The van der Waals surface area contributed by atoms with Crippen molar-refractivity contribution in [2.45, 2.75) is 39.0 Å². The third kappa shape index (κ3) is 5.78.